The van der Waals surface area contributed by atoms with Crippen LogP contribution in [0, 0.1) is 5.41 Å². The van der Waals surface area contributed by atoms with Crippen LogP contribution in [0.15, 0.2) is 17.0 Å². The van der Waals surface area contributed by atoms with Crippen molar-refractivity contribution < 1.29 is 9.32 Å². The molecule has 1 aromatic rings. The number of carbonyl (C=O) groups excluding carboxylic acids is 1. The fourth-order valence-corrected chi connectivity index (χ4v) is 1.25. The molecule has 0 bridgehead atoms. The molecule has 0 aliphatic heterocycles. The van der Waals surface area contributed by atoms with Gasteiger partial charge in [0.2, 0.25) is 5.91 Å². The molecule has 0 unspecified atom stereocenters. The van der Waals surface area contributed by atoms with Crippen LogP contribution in [0.25, 0.3) is 0 Å². The molecule has 1 saturated carbocycles. The third-order valence-corrected chi connectivity index (χ3v) is 2.41. The summed E-state index contributed by atoms with van der Waals surface area (Å²) >= 11 is 0. The van der Waals surface area contributed by atoms with Gasteiger partial charge >= 0.3 is 0 Å². The highest BCUT2D eigenvalue weighted by atomic mass is 16.5. The summed E-state index contributed by atoms with van der Waals surface area (Å²) in [4.78, 5) is 11.4. The normalized spacial score (nSPS) is 18.2. The zero-order chi connectivity index (χ0) is 9.31. The first-order valence-corrected chi connectivity index (χ1v) is 4.37. The van der Waals surface area contributed by atoms with Crippen LogP contribution >= 0.6 is 0 Å². The predicted molar refractivity (Wildman–Crippen MR) is 47.1 cm³/mol. The van der Waals surface area contributed by atoms with E-state index in [0.29, 0.717) is 12.1 Å². The molecule has 70 valence electrons. The van der Waals surface area contributed by atoms with E-state index in [1.54, 1.807) is 0 Å². The molecule has 1 aliphatic rings. The standard InChI is InChI=1S/C9H12N2O2/c1-9(2-3-9)4-8(12)11-7-5-10-13-6-7/h5-6H,2-4H2,1H3,(H,11,12). The van der Waals surface area contributed by atoms with Gasteiger partial charge in [0, 0.05) is 6.42 Å². The lowest BCUT2D eigenvalue weighted by Crippen LogP contribution is -2.15. The Morgan fingerprint density at radius 3 is 3.08 bits per heavy atom. The highest BCUT2D eigenvalue weighted by molar-refractivity contribution is 5.90. The van der Waals surface area contributed by atoms with Crippen LogP contribution in [-0.4, -0.2) is 11.1 Å². The first-order valence-electron chi connectivity index (χ1n) is 4.37. The topological polar surface area (TPSA) is 55.1 Å². The van der Waals surface area contributed by atoms with Crippen LogP contribution in [0.3, 0.4) is 0 Å². The number of hydrogen-bond acceptors (Lipinski definition) is 3. The van der Waals surface area contributed by atoms with Gasteiger partial charge in [0.05, 0.1) is 6.20 Å². The Morgan fingerprint density at radius 1 is 1.77 bits per heavy atom. The third-order valence-electron chi connectivity index (χ3n) is 2.41. The van der Waals surface area contributed by atoms with Gasteiger partial charge in [0.15, 0.2) is 0 Å². The van der Waals surface area contributed by atoms with Crippen LogP contribution < -0.4 is 5.32 Å². The van der Waals surface area contributed by atoms with Crippen molar-refractivity contribution >= 4 is 11.6 Å². The van der Waals surface area contributed by atoms with Crippen LogP contribution in [0.4, 0.5) is 5.69 Å². The summed E-state index contributed by atoms with van der Waals surface area (Å²) in [7, 11) is 0. The molecule has 0 radical (unpaired) electrons. The van der Waals surface area contributed by atoms with Gasteiger partial charge in [-0.15, -0.1) is 0 Å². The van der Waals surface area contributed by atoms with Gasteiger partial charge < -0.3 is 9.84 Å². The SMILES string of the molecule is CC1(CC(=O)Nc2cnoc2)CC1. The minimum Gasteiger partial charge on any atom is -0.363 e. The Hall–Kier alpha value is -1.32. The summed E-state index contributed by atoms with van der Waals surface area (Å²) < 4.78 is 4.60. The summed E-state index contributed by atoms with van der Waals surface area (Å²) in [6.07, 6.45) is 5.83. The third kappa shape index (κ3) is 2.08. The van der Waals surface area contributed by atoms with E-state index in [2.05, 4.69) is 21.9 Å². The Kier molecular flexibility index (Phi) is 1.83. The van der Waals surface area contributed by atoms with E-state index in [1.807, 2.05) is 0 Å². The van der Waals surface area contributed by atoms with Crippen molar-refractivity contribution in [2.75, 3.05) is 5.32 Å². The lowest BCUT2D eigenvalue weighted by Gasteiger charge is -2.06. The van der Waals surface area contributed by atoms with E-state index in [1.165, 1.54) is 12.5 Å². The largest absolute Gasteiger partial charge is 0.363 e. The highest BCUT2D eigenvalue weighted by Crippen LogP contribution is 2.48. The maximum Gasteiger partial charge on any atom is 0.225 e. The molecule has 1 aliphatic carbocycles. The van der Waals surface area contributed by atoms with E-state index >= 15 is 0 Å². The Balaban J connectivity index is 1.85. The van der Waals surface area contributed by atoms with Crippen molar-refractivity contribution in [2.24, 2.45) is 5.41 Å². The molecule has 4 nitrogen and oxygen atoms in total. The Labute approximate surface area is 76.3 Å². The van der Waals surface area contributed by atoms with Gasteiger partial charge in [-0.25, -0.2) is 0 Å². The fourth-order valence-electron chi connectivity index (χ4n) is 1.25. The summed E-state index contributed by atoms with van der Waals surface area (Å²) in [6, 6.07) is 0. The van der Waals surface area contributed by atoms with Gasteiger partial charge in [-0.1, -0.05) is 12.1 Å². The highest BCUT2D eigenvalue weighted by Gasteiger charge is 2.39. The first kappa shape index (κ1) is 8.29. The second kappa shape index (κ2) is 2.87. The van der Waals surface area contributed by atoms with Crippen molar-refractivity contribution in [3.63, 3.8) is 0 Å². The molecule has 1 aromatic heterocycles. The molecular formula is C9H12N2O2. The molecule has 2 rings (SSSR count). The molecule has 0 spiro atoms. The number of amides is 1. The minimum atomic E-state index is 0.0446. The predicted octanol–water partition coefficient (Wildman–Crippen LogP) is 1.80. The van der Waals surface area contributed by atoms with Gasteiger partial charge in [-0.2, -0.15) is 0 Å². The fraction of sp³-hybridized carbons (Fsp3) is 0.556. The maximum atomic E-state index is 11.4. The van der Waals surface area contributed by atoms with Crippen molar-refractivity contribution in [2.45, 2.75) is 26.2 Å². The van der Waals surface area contributed by atoms with Gasteiger partial charge in [-0.3, -0.25) is 4.79 Å². The molecule has 1 fully saturated rings. The average molecular weight is 180 g/mol. The van der Waals surface area contributed by atoms with Crippen molar-refractivity contribution in [3.05, 3.63) is 12.5 Å². The van der Waals surface area contributed by atoms with E-state index in [9.17, 15) is 4.79 Å². The monoisotopic (exact) mass is 180 g/mol. The lowest BCUT2D eigenvalue weighted by atomic mass is 10.1. The number of rotatable bonds is 3. The Bertz CT molecular complexity index is 301. The van der Waals surface area contributed by atoms with E-state index in [0.717, 1.165) is 12.8 Å². The summed E-state index contributed by atoms with van der Waals surface area (Å²) in [5.74, 6) is 0.0446. The summed E-state index contributed by atoms with van der Waals surface area (Å²) in [5.41, 5.74) is 0.885. The number of aromatic nitrogens is 1. The van der Waals surface area contributed by atoms with E-state index in [-0.39, 0.29) is 11.3 Å². The van der Waals surface area contributed by atoms with Crippen LogP contribution in [0.1, 0.15) is 26.2 Å². The van der Waals surface area contributed by atoms with Gasteiger partial charge in [0.25, 0.3) is 0 Å². The minimum absolute atomic E-state index is 0.0446. The van der Waals surface area contributed by atoms with Crippen LogP contribution in [-0.2, 0) is 4.79 Å². The van der Waals surface area contributed by atoms with Crippen LogP contribution in [0.2, 0.25) is 0 Å². The van der Waals surface area contributed by atoms with E-state index < -0.39 is 0 Å². The van der Waals surface area contributed by atoms with Crippen molar-refractivity contribution in [3.8, 4) is 0 Å². The number of carbonyl (C=O) groups is 1. The molecule has 0 saturated heterocycles. The lowest BCUT2D eigenvalue weighted by molar-refractivity contribution is -0.117. The zero-order valence-corrected chi connectivity index (χ0v) is 7.54. The van der Waals surface area contributed by atoms with Crippen LogP contribution in [0.5, 0.6) is 0 Å². The molecule has 1 amide bonds. The molecule has 1 N–H and O–H groups in total. The second-order valence-electron chi connectivity index (χ2n) is 3.95. The summed E-state index contributed by atoms with van der Waals surface area (Å²) in [5, 5.41) is 6.22. The number of anilines is 1. The number of nitrogens with zero attached hydrogens (tertiary/aromatic N) is 1. The molecule has 0 atom stereocenters. The van der Waals surface area contributed by atoms with Gasteiger partial charge in [-0.05, 0) is 18.3 Å². The quantitative estimate of drug-likeness (QED) is 0.771. The van der Waals surface area contributed by atoms with E-state index in [4.69, 9.17) is 0 Å². The average Bonchev–Trinajstić information content (AvgIpc) is 2.61. The molecular weight excluding hydrogens is 168 g/mol. The molecule has 4 heteroatoms. The second-order valence-corrected chi connectivity index (χ2v) is 3.95. The molecule has 13 heavy (non-hydrogen) atoms. The van der Waals surface area contributed by atoms with Crippen molar-refractivity contribution in [1.29, 1.82) is 0 Å². The molecule has 0 aromatic carbocycles. The Morgan fingerprint density at radius 2 is 2.54 bits per heavy atom. The summed E-state index contributed by atoms with van der Waals surface area (Å²) in [6.45, 7) is 2.13. The number of nitrogens with one attached hydrogen (secondary N) is 1. The van der Waals surface area contributed by atoms with Gasteiger partial charge in [0.1, 0.15) is 12.0 Å². The number of hydrogen-bond donors (Lipinski definition) is 1. The maximum absolute atomic E-state index is 11.4. The first-order chi connectivity index (χ1) is 6.18. The van der Waals surface area contributed by atoms with Crippen molar-refractivity contribution in [1.82, 2.24) is 5.16 Å². The smallest absolute Gasteiger partial charge is 0.225 e. The molecule has 1 heterocycles. The zero-order valence-electron chi connectivity index (χ0n) is 7.54.